The molecule has 0 bridgehead atoms. The van der Waals surface area contributed by atoms with Crippen LogP contribution in [-0.2, 0) is 9.53 Å². The molecule has 2 heterocycles. The van der Waals surface area contributed by atoms with Crippen LogP contribution >= 0.6 is 0 Å². The number of hydrogen-bond donors (Lipinski definition) is 4. The van der Waals surface area contributed by atoms with E-state index in [1.54, 1.807) is 12.1 Å². The minimum atomic E-state index is -0.569. The number of nitriles is 1. The summed E-state index contributed by atoms with van der Waals surface area (Å²) in [5.74, 6) is -0.621. The van der Waals surface area contributed by atoms with Gasteiger partial charge in [-0.1, -0.05) is 6.07 Å². The molecule has 0 spiro atoms. The molecule has 1 atom stereocenters. The summed E-state index contributed by atoms with van der Waals surface area (Å²) in [6, 6.07) is 6.25. The molecule has 1 aliphatic heterocycles. The van der Waals surface area contributed by atoms with E-state index in [0.717, 1.165) is 12.8 Å². The number of nitrogens with zero attached hydrogens (tertiary/aromatic N) is 3. The fourth-order valence-electron chi connectivity index (χ4n) is 2.68. The van der Waals surface area contributed by atoms with Crippen molar-refractivity contribution in [1.82, 2.24) is 15.3 Å². The first kappa shape index (κ1) is 20.2. The van der Waals surface area contributed by atoms with Gasteiger partial charge in [0, 0.05) is 30.6 Å². The van der Waals surface area contributed by atoms with Crippen LogP contribution in [0.5, 0.6) is 0 Å². The maximum Gasteiger partial charge on any atom is 0.262 e. The predicted octanol–water partition coefficient (Wildman–Crippen LogP) is 0.515. The Hall–Kier alpha value is -3.52. The van der Waals surface area contributed by atoms with E-state index >= 15 is 0 Å². The lowest BCUT2D eigenvalue weighted by molar-refractivity contribution is -0.501. The van der Waals surface area contributed by atoms with Gasteiger partial charge in [-0.3, -0.25) is 10.1 Å². The van der Waals surface area contributed by atoms with E-state index in [0.29, 0.717) is 24.5 Å². The molecule has 0 aliphatic carbocycles. The smallest absolute Gasteiger partial charge is 0.262 e. The summed E-state index contributed by atoms with van der Waals surface area (Å²) >= 11 is 0. The zero-order valence-corrected chi connectivity index (χ0v) is 15.4. The Bertz CT molecular complexity index is 964. The molecule has 1 aromatic heterocycles. The number of hydrogen-bond acceptors (Lipinski definition) is 7. The number of nitrogens with two attached hydrogens (primary N) is 1. The molecular weight excluding hydrogens is 377 g/mol. The zero-order chi connectivity index (χ0) is 20.6. The molecule has 29 heavy (non-hydrogen) atoms. The first-order chi connectivity index (χ1) is 14.1. The zero-order valence-electron chi connectivity index (χ0n) is 15.4. The summed E-state index contributed by atoms with van der Waals surface area (Å²) in [6.45, 7) is 1.77. The Morgan fingerprint density at radius 3 is 2.93 bits per heavy atom. The van der Waals surface area contributed by atoms with Gasteiger partial charge in [-0.25, -0.2) is 14.4 Å². The number of benzene rings is 1. The highest BCUT2D eigenvalue weighted by molar-refractivity contribution is 6.16. The quantitative estimate of drug-likeness (QED) is 0.414. The number of amides is 1. The molecule has 5 N–H and O–H groups in total. The van der Waals surface area contributed by atoms with E-state index in [-0.39, 0.29) is 23.1 Å². The fraction of sp³-hybridized carbons (Fsp3) is 0.211. The monoisotopic (exact) mass is 396 g/mol. The van der Waals surface area contributed by atoms with E-state index in [2.05, 4.69) is 20.6 Å². The lowest BCUT2D eigenvalue weighted by atomic mass is 10.1. The van der Waals surface area contributed by atoms with E-state index in [1.807, 2.05) is 6.07 Å². The highest BCUT2D eigenvalue weighted by atomic mass is 19.1. The molecule has 148 valence electrons. The van der Waals surface area contributed by atoms with Crippen LogP contribution in [0.1, 0.15) is 17.4 Å². The van der Waals surface area contributed by atoms with Crippen molar-refractivity contribution in [3.8, 4) is 6.07 Å². The van der Waals surface area contributed by atoms with Crippen molar-refractivity contribution in [1.29, 1.82) is 10.7 Å². The summed E-state index contributed by atoms with van der Waals surface area (Å²) in [6.07, 6.45) is 4.60. The molecule has 1 aliphatic rings. The minimum absolute atomic E-state index is 0.0421. The van der Waals surface area contributed by atoms with Crippen LogP contribution < -0.4 is 16.0 Å². The molecule has 1 aromatic carbocycles. The van der Waals surface area contributed by atoms with Crippen LogP contribution in [0.15, 0.2) is 42.4 Å². The molecule has 1 amide bonds. The Labute approximate surface area is 166 Å². The third-order valence-electron chi connectivity index (χ3n) is 4.17. The largest absolute Gasteiger partial charge is 0.371 e. The summed E-state index contributed by atoms with van der Waals surface area (Å²) in [5.41, 5.74) is 0.910. The van der Waals surface area contributed by atoms with Gasteiger partial charge in [0.1, 0.15) is 29.9 Å². The molecule has 10 heteroatoms. The number of aromatic nitrogens is 2. The Kier molecular flexibility index (Phi) is 6.70. The number of quaternary nitrogens is 1. The van der Waals surface area contributed by atoms with E-state index < -0.39 is 11.7 Å². The van der Waals surface area contributed by atoms with Gasteiger partial charge >= 0.3 is 0 Å². The van der Waals surface area contributed by atoms with Crippen molar-refractivity contribution >= 4 is 23.6 Å². The predicted molar refractivity (Wildman–Crippen MR) is 102 cm³/mol. The number of ether oxygens (including phenoxy) is 1. The standard InChI is InChI=1S/C19H18FN7O2/c20-16-5-13(1-2-15(16)17-10-23-3-4-29-17)27-19(28)12(6-21)8-25-18-11-24-14(7-22)9-26-18/h1-2,5-6,8-9,11,17,21,23H,3-4,10H2,(H,25,26)(H,27,28)/p+1/b12-8+,21-6?/t17-/m1/s1. The van der Waals surface area contributed by atoms with Gasteiger partial charge < -0.3 is 20.8 Å². The number of carbonyl (C=O) groups is 1. The Morgan fingerprint density at radius 1 is 1.45 bits per heavy atom. The average molecular weight is 396 g/mol. The summed E-state index contributed by atoms with van der Waals surface area (Å²) < 4.78 is 20.0. The molecule has 9 nitrogen and oxygen atoms in total. The first-order valence-corrected chi connectivity index (χ1v) is 8.81. The van der Waals surface area contributed by atoms with Gasteiger partial charge in [-0.2, -0.15) is 5.26 Å². The molecular formula is C19H19FN7O2+. The van der Waals surface area contributed by atoms with Crippen molar-refractivity contribution in [2.75, 3.05) is 25.0 Å². The highest BCUT2D eigenvalue weighted by Gasteiger charge is 2.20. The molecule has 0 unspecified atom stereocenters. The second kappa shape index (κ2) is 9.61. The van der Waals surface area contributed by atoms with Crippen molar-refractivity contribution in [2.24, 2.45) is 0 Å². The third kappa shape index (κ3) is 5.26. The number of nitrogens with one attached hydrogen (secondary N) is 3. The van der Waals surface area contributed by atoms with Gasteiger partial charge in [0.05, 0.1) is 18.9 Å². The topological polar surface area (TPSA) is 140 Å². The van der Waals surface area contributed by atoms with Crippen LogP contribution in [0, 0.1) is 22.6 Å². The number of halogens is 1. The second-order valence-corrected chi connectivity index (χ2v) is 6.13. The van der Waals surface area contributed by atoms with Gasteiger partial charge in [-0.05, 0) is 12.1 Å². The molecule has 0 saturated carbocycles. The lowest BCUT2D eigenvalue weighted by Gasteiger charge is -2.24. The fourth-order valence-corrected chi connectivity index (χ4v) is 2.68. The lowest BCUT2D eigenvalue weighted by Crippen LogP contribution is -2.72. The van der Waals surface area contributed by atoms with Crippen LogP contribution in [0.3, 0.4) is 0 Å². The van der Waals surface area contributed by atoms with Crippen LogP contribution in [0.4, 0.5) is 15.9 Å². The maximum atomic E-state index is 14.4. The van der Waals surface area contributed by atoms with Gasteiger partial charge in [0.2, 0.25) is 5.82 Å². The van der Waals surface area contributed by atoms with E-state index in [4.69, 9.17) is 15.4 Å². The number of anilines is 1. The molecule has 0 radical (unpaired) electrons. The van der Waals surface area contributed by atoms with Crippen molar-refractivity contribution < 1.29 is 19.2 Å². The average Bonchev–Trinajstić information content (AvgIpc) is 2.75. The number of rotatable bonds is 6. The molecule has 2 aromatic rings. The van der Waals surface area contributed by atoms with Crippen LogP contribution in [-0.4, -0.2) is 41.8 Å². The summed E-state index contributed by atoms with van der Waals surface area (Å²) in [7, 11) is 0. The third-order valence-corrected chi connectivity index (χ3v) is 4.17. The Balaban J connectivity index is 1.66. The van der Waals surface area contributed by atoms with Crippen molar-refractivity contribution in [3.05, 3.63) is 59.4 Å². The van der Waals surface area contributed by atoms with Gasteiger partial charge in [0.25, 0.3) is 5.91 Å². The first-order valence-electron chi connectivity index (χ1n) is 8.81. The second-order valence-electron chi connectivity index (χ2n) is 6.13. The van der Waals surface area contributed by atoms with Gasteiger partial charge in [-0.15, -0.1) is 0 Å². The van der Waals surface area contributed by atoms with Gasteiger partial charge in [0.15, 0.2) is 5.69 Å². The molecule has 1 fully saturated rings. The summed E-state index contributed by atoms with van der Waals surface area (Å²) in [5, 5.41) is 23.4. The van der Waals surface area contributed by atoms with E-state index in [9.17, 15) is 9.18 Å². The SMILES string of the molecule is N#Cc1cnc([NH2+]/C=C(\C=N)C(=O)Nc2ccc([C@H]3CNCCO3)c(F)c2)cn1. The van der Waals surface area contributed by atoms with Crippen molar-refractivity contribution in [3.63, 3.8) is 0 Å². The highest BCUT2D eigenvalue weighted by Crippen LogP contribution is 2.24. The molecule has 1 saturated heterocycles. The summed E-state index contributed by atoms with van der Waals surface area (Å²) in [4.78, 5) is 20.3. The number of morpholine rings is 1. The maximum absolute atomic E-state index is 14.4. The van der Waals surface area contributed by atoms with Crippen molar-refractivity contribution in [2.45, 2.75) is 6.10 Å². The van der Waals surface area contributed by atoms with Crippen LogP contribution in [0.25, 0.3) is 0 Å². The van der Waals surface area contributed by atoms with E-state index in [1.165, 1.54) is 30.0 Å². The number of carbonyl (C=O) groups excluding carboxylic acids is 1. The Morgan fingerprint density at radius 2 is 2.31 bits per heavy atom. The minimum Gasteiger partial charge on any atom is -0.371 e. The normalized spacial score (nSPS) is 16.7. The molecule has 3 rings (SSSR count). The van der Waals surface area contributed by atoms with Crippen LogP contribution in [0.2, 0.25) is 0 Å².